The normalized spacial score (nSPS) is 15.6. The number of rotatable bonds is 5. The third-order valence-corrected chi connectivity index (χ3v) is 6.87. The molecule has 4 aromatic rings. The Balaban J connectivity index is 1.41. The summed E-state index contributed by atoms with van der Waals surface area (Å²) in [5, 5.41) is 4.43. The smallest absolute Gasteiger partial charge is 0.254 e. The van der Waals surface area contributed by atoms with Crippen LogP contribution in [0.15, 0.2) is 54.6 Å². The molecule has 184 valence electrons. The van der Waals surface area contributed by atoms with E-state index < -0.39 is 0 Å². The highest BCUT2D eigenvalue weighted by molar-refractivity contribution is 6.07. The second-order valence-corrected chi connectivity index (χ2v) is 9.20. The number of ether oxygens (including phenoxy) is 2. The number of fused-ring (bicyclic) bond motifs is 2. The van der Waals surface area contributed by atoms with Gasteiger partial charge in [-0.3, -0.25) is 9.36 Å². The molecule has 0 atom stereocenters. The SMILES string of the molecule is Cc1cc2c(C(=O)N3CCOCC3)cccc2n1-c1nc2c(c(NCc3ccccc3)n1)COCC2. The van der Waals surface area contributed by atoms with Crippen LogP contribution < -0.4 is 5.32 Å². The molecule has 1 saturated heterocycles. The molecule has 2 aromatic carbocycles. The first-order chi connectivity index (χ1) is 17.7. The lowest BCUT2D eigenvalue weighted by atomic mass is 10.1. The van der Waals surface area contributed by atoms with Gasteiger partial charge in [0.05, 0.1) is 37.6 Å². The maximum absolute atomic E-state index is 13.3. The van der Waals surface area contributed by atoms with E-state index in [-0.39, 0.29) is 5.91 Å². The molecule has 0 unspecified atom stereocenters. The standard InChI is InChI=1S/C28H29N5O3/c1-19-16-22-21(27(34)32-11-14-35-15-12-32)8-5-9-25(22)33(19)28-30-24-10-13-36-18-23(24)26(31-28)29-17-20-6-3-2-4-7-20/h2-9,16H,10-15,17-18H2,1H3,(H,29,30,31). The summed E-state index contributed by atoms with van der Waals surface area (Å²) in [4.78, 5) is 25.1. The minimum absolute atomic E-state index is 0.0368. The summed E-state index contributed by atoms with van der Waals surface area (Å²) >= 11 is 0. The van der Waals surface area contributed by atoms with Crippen molar-refractivity contribution in [2.24, 2.45) is 0 Å². The van der Waals surface area contributed by atoms with Crippen LogP contribution >= 0.6 is 0 Å². The average molecular weight is 484 g/mol. The lowest BCUT2D eigenvalue weighted by molar-refractivity contribution is 0.0304. The monoisotopic (exact) mass is 483 g/mol. The van der Waals surface area contributed by atoms with Crippen LogP contribution in [0.3, 0.4) is 0 Å². The van der Waals surface area contributed by atoms with Crippen molar-refractivity contribution in [1.29, 1.82) is 0 Å². The highest BCUT2D eigenvalue weighted by Crippen LogP contribution is 2.30. The molecule has 36 heavy (non-hydrogen) atoms. The Morgan fingerprint density at radius 1 is 1.00 bits per heavy atom. The predicted octanol–water partition coefficient (Wildman–Crippen LogP) is 3.89. The van der Waals surface area contributed by atoms with Crippen LogP contribution in [-0.2, 0) is 29.0 Å². The first-order valence-corrected chi connectivity index (χ1v) is 12.4. The van der Waals surface area contributed by atoms with E-state index in [1.54, 1.807) is 0 Å². The van der Waals surface area contributed by atoms with Crippen molar-refractivity contribution in [3.8, 4) is 5.95 Å². The van der Waals surface area contributed by atoms with E-state index in [4.69, 9.17) is 19.4 Å². The summed E-state index contributed by atoms with van der Waals surface area (Å²) in [6.07, 6.45) is 0.740. The molecule has 1 N–H and O–H groups in total. The molecule has 0 aliphatic carbocycles. The molecule has 1 fully saturated rings. The summed E-state index contributed by atoms with van der Waals surface area (Å²) in [6.45, 7) is 6.21. The van der Waals surface area contributed by atoms with Gasteiger partial charge in [0, 0.05) is 48.3 Å². The van der Waals surface area contributed by atoms with Gasteiger partial charge in [-0.1, -0.05) is 36.4 Å². The Hall–Kier alpha value is -3.75. The summed E-state index contributed by atoms with van der Waals surface area (Å²) in [5.41, 5.74) is 5.80. The molecule has 8 nitrogen and oxygen atoms in total. The lowest BCUT2D eigenvalue weighted by Gasteiger charge is -2.27. The van der Waals surface area contributed by atoms with Crippen molar-refractivity contribution >= 4 is 22.6 Å². The minimum atomic E-state index is 0.0368. The zero-order valence-corrected chi connectivity index (χ0v) is 20.4. The number of carbonyl (C=O) groups excluding carboxylic acids is 1. The Morgan fingerprint density at radius 3 is 2.67 bits per heavy atom. The molecule has 0 bridgehead atoms. The summed E-state index contributed by atoms with van der Waals surface area (Å²) < 4.78 is 13.2. The van der Waals surface area contributed by atoms with Crippen molar-refractivity contribution < 1.29 is 14.3 Å². The number of morpholine rings is 1. The van der Waals surface area contributed by atoms with Crippen LogP contribution in [0.4, 0.5) is 5.82 Å². The molecule has 2 aliphatic heterocycles. The molecule has 0 radical (unpaired) electrons. The highest BCUT2D eigenvalue weighted by atomic mass is 16.5. The van der Waals surface area contributed by atoms with E-state index in [0.717, 1.165) is 40.1 Å². The highest BCUT2D eigenvalue weighted by Gasteiger charge is 2.24. The van der Waals surface area contributed by atoms with Crippen molar-refractivity contribution in [2.45, 2.75) is 26.5 Å². The minimum Gasteiger partial charge on any atom is -0.378 e. The lowest BCUT2D eigenvalue weighted by Crippen LogP contribution is -2.40. The van der Waals surface area contributed by atoms with E-state index in [2.05, 4.69) is 28.1 Å². The van der Waals surface area contributed by atoms with Gasteiger partial charge in [-0.25, -0.2) is 4.98 Å². The molecule has 4 heterocycles. The number of nitrogens with one attached hydrogen (secondary N) is 1. The maximum atomic E-state index is 13.3. The van der Waals surface area contributed by atoms with Gasteiger partial charge in [0.2, 0.25) is 5.95 Å². The number of aromatic nitrogens is 3. The summed E-state index contributed by atoms with van der Waals surface area (Å²) in [6, 6.07) is 18.2. The zero-order chi connectivity index (χ0) is 24.5. The number of benzene rings is 2. The molecule has 6 rings (SSSR count). The predicted molar refractivity (Wildman–Crippen MR) is 137 cm³/mol. The quantitative estimate of drug-likeness (QED) is 0.464. The molecule has 8 heteroatoms. The Bertz CT molecular complexity index is 1410. The largest absolute Gasteiger partial charge is 0.378 e. The van der Waals surface area contributed by atoms with Gasteiger partial charge in [0.15, 0.2) is 0 Å². The fourth-order valence-corrected chi connectivity index (χ4v) is 5.00. The number of hydrogen-bond acceptors (Lipinski definition) is 6. The first-order valence-electron chi connectivity index (χ1n) is 12.4. The number of aryl methyl sites for hydroxylation is 1. The van der Waals surface area contributed by atoms with Crippen LogP contribution in [0.25, 0.3) is 16.9 Å². The molecule has 0 spiro atoms. The van der Waals surface area contributed by atoms with E-state index in [0.29, 0.717) is 57.6 Å². The van der Waals surface area contributed by atoms with Gasteiger partial charge in [0.1, 0.15) is 5.82 Å². The molecule has 1 amide bonds. The maximum Gasteiger partial charge on any atom is 0.254 e. The number of nitrogens with zero attached hydrogens (tertiary/aromatic N) is 4. The van der Waals surface area contributed by atoms with Crippen molar-refractivity contribution in [3.05, 3.63) is 82.7 Å². The van der Waals surface area contributed by atoms with Gasteiger partial charge in [0.25, 0.3) is 5.91 Å². The number of amides is 1. The number of anilines is 1. The Morgan fingerprint density at radius 2 is 1.83 bits per heavy atom. The number of hydrogen-bond donors (Lipinski definition) is 1. The van der Waals surface area contributed by atoms with E-state index in [1.807, 2.05) is 48.2 Å². The van der Waals surface area contributed by atoms with E-state index >= 15 is 0 Å². The van der Waals surface area contributed by atoms with Gasteiger partial charge in [-0.15, -0.1) is 0 Å². The summed E-state index contributed by atoms with van der Waals surface area (Å²) in [7, 11) is 0. The van der Waals surface area contributed by atoms with Gasteiger partial charge >= 0.3 is 0 Å². The Labute approximate surface area is 209 Å². The van der Waals surface area contributed by atoms with Crippen LogP contribution in [0, 0.1) is 6.92 Å². The fourth-order valence-electron chi connectivity index (χ4n) is 5.00. The van der Waals surface area contributed by atoms with Gasteiger partial charge in [-0.05, 0) is 30.7 Å². The molecule has 2 aromatic heterocycles. The van der Waals surface area contributed by atoms with Crippen LogP contribution in [0.2, 0.25) is 0 Å². The number of carbonyl (C=O) groups is 1. The van der Waals surface area contributed by atoms with E-state index in [1.165, 1.54) is 5.56 Å². The van der Waals surface area contributed by atoms with E-state index in [9.17, 15) is 4.79 Å². The van der Waals surface area contributed by atoms with Gasteiger partial charge < -0.3 is 19.7 Å². The van der Waals surface area contributed by atoms with Crippen molar-refractivity contribution in [1.82, 2.24) is 19.4 Å². The second kappa shape index (κ2) is 9.72. The third-order valence-electron chi connectivity index (χ3n) is 6.87. The van der Waals surface area contributed by atoms with Crippen LogP contribution in [0.5, 0.6) is 0 Å². The average Bonchev–Trinajstić information content (AvgIpc) is 3.28. The van der Waals surface area contributed by atoms with Crippen molar-refractivity contribution in [2.75, 3.05) is 38.2 Å². The fraction of sp³-hybridized carbons (Fsp3) is 0.321. The molecular formula is C28H29N5O3. The van der Waals surface area contributed by atoms with Gasteiger partial charge in [-0.2, -0.15) is 4.98 Å². The molecule has 2 aliphatic rings. The third kappa shape index (κ3) is 4.23. The van der Waals surface area contributed by atoms with Crippen molar-refractivity contribution in [3.63, 3.8) is 0 Å². The first kappa shape index (κ1) is 22.7. The summed E-state index contributed by atoms with van der Waals surface area (Å²) in [5.74, 6) is 1.44. The molecule has 0 saturated carbocycles. The van der Waals surface area contributed by atoms with Crippen LogP contribution in [0.1, 0.15) is 32.9 Å². The topological polar surface area (TPSA) is 81.5 Å². The zero-order valence-electron chi connectivity index (χ0n) is 20.4. The second-order valence-electron chi connectivity index (χ2n) is 9.20. The Kier molecular flexibility index (Phi) is 6.13. The molecular weight excluding hydrogens is 454 g/mol. The van der Waals surface area contributed by atoms with Crippen LogP contribution in [-0.4, -0.2) is 58.3 Å².